The van der Waals surface area contributed by atoms with E-state index < -0.39 is 0 Å². The molecule has 0 spiro atoms. The van der Waals surface area contributed by atoms with Crippen molar-refractivity contribution in [3.05, 3.63) is 21.0 Å². The number of nitriles is 1. The van der Waals surface area contributed by atoms with Crippen molar-refractivity contribution >= 4 is 28.6 Å². The molecule has 80 valence electrons. The third-order valence-electron chi connectivity index (χ3n) is 2.00. The summed E-state index contributed by atoms with van der Waals surface area (Å²) >= 11 is 2.17. The molecule has 4 nitrogen and oxygen atoms in total. The van der Waals surface area contributed by atoms with Crippen molar-refractivity contribution in [1.82, 2.24) is 4.57 Å². The van der Waals surface area contributed by atoms with Crippen molar-refractivity contribution in [2.75, 3.05) is 6.61 Å². The molecule has 0 unspecified atom stereocenters. The van der Waals surface area contributed by atoms with Crippen molar-refractivity contribution in [3.8, 4) is 6.07 Å². The van der Waals surface area contributed by atoms with Gasteiger partial charge >= 0.3 is 5.97 Å². The highest BCUT2D eigenvalue weighted by atomic mass is 127. The molecule has 0 aliphatic rings. The van der Waals surface area contributed by atoms with Gasteiger partial charge in [0.15, 0.2) is 0 Å². The summed E-state index contributed by atoms with van der Waals surface area (Å²) in [5, 5.41) is 8.94. The number of halogens is 1. The van der Waals surface area contributed by atoms with Gasteiger partial charge in [-0.15, -0.1) is 0 Å². The predicted molar refractivity (Wildman–Crippen MR) is 63.2 cm³/mol. The Balaban J connectivity index is 2.76. The number of carbonyl (C=O) groups excluding carboxylic acids is 1. The first-order valence-electron chi connectivity index (χ1n) is 4.43. The van der Waals surface area contributed by atoms with Crippen molar-refractivity contribution in [2.24, 2.45) is 7.05 Å². The minimum Gasteiger partial charge on any atom is -0.466 e. The summed E-state index contributed by atoms with van der Waals surface area (Å²) in [6, 6.07) is 2.14. The maximum absolute atomic E-state index is 10.6. The molecule has 0 radical (unpaired) electrons. The van der Waals surface area contributed by atoms with Gasteiger partial charge in [-0.2, -0.15) is 5.26 Å². The molecular weight excluding hydrogens is 307 g/mol. The van der Waals surface area contributed by atoms with Gasteiger partial charge in [-0.1, -0.05) is 0 Å². The Hall–Kier alpha value is -1.03. The van der Waals surface area contributed by atoms with E-state index in [1.165, 1.54) is 6.92 Å². The van der Waals surface area contributed by atoms with Gasteiger partial charge in [0.25, 0.3) is 0 Å². The van der Waals surface area contributed by atoms with E-state index in [4.69, 9.17) is 10.00 Å². The fourth-order valence-corrected chi connectivity index (χ4v) is 2.26. The molecule has 0 amide bonds. The third-order valence-corrected chi connectivity index (χ3v) is 2.93. The number of ether oxygens (including phenoxy) is 1. The first kappa shape index (κ1) is 12.0. The van der Waals surface area contributed by atoms with E-state index in [-0.39, 0.29) is 5.97 Å². The van der Waals surface area contributed by atoms with E-state index in [0.29, 0.717) is 18.7 Å². The van der Waals surface area contributed by atoms with Crippen LogP contribution in [-0.2, 0) is 23.0 Å². The van der Waals surface area contributed by atoms with Crippen molar-refractivity contribution < 1.29 is 9.53 Å². The number of hydrogen-bond acceptors (Lipinski definition) is 3. The molecule has 0 aliphatic carbocycles. The number of aromatic nitrogens is 1. The van der Waals surface area contributed by atoms with E-state index in [1.54, 1.807) is 4.57 Å². The Kier molecular flexibility index (Phi) is 4.15. The van der Waals surface area contributed by atoms with Crippen LogP contribution >= 0.6 is 22.6 Å². The molecule has 0 aliphatic heterocycles. The molecule has 0 atom stereocenters. The fraction of sp³-hybridized carbons (Fsp3) is 0.400. The minimum absolute atomic E-state index is 0.292. The lowest BCUT2D eigenvalue weighted by atomic mass is 10.2. The zero-order chi connectivity index (χ0) is 11.4. The summed E-state index contributed by atoms with van der Waals surface area (Å²) in [7, 11) is 1.83. The normalized spacial score (nSPS) is 9.73. The van der Waals surface area contributed by atoms with Gasteiger partial charge in [-0.05, 0) is 22.6 Å². The Morgan fingerprint density at radius 2 is 2.40 bits per heavy atom. The van der Waals surface area contributed by atoms with E-state index in [0.717, 1.165) is 9.13 Å². The average molecular weight is 318 g/mol. The first-order chi connectivity index (χ1) is 7.06. The molecule has 1 heterocycles. The second-order valence-corrected chi connectivity index (χ2v) is 4.28. The summed E-state index contributed by atoms with van der Waals surface area (Å²) < 4.78 is 7.66. The summed E-state index contributed by atoms with van der Waals surface area (Å²) in [4.78, 5) is 10.6. The van der Waals surface area contributed by atoms with E-state index in [9.17, 15) is 4.79 Å². The SMILES string of the molecule is CC(=O)OCCc1c(I)cn(C)c1C#N. The highest BCUT2D eigenvalue weighted by Gasteiger charge is 2.11. The molecule has 1 rings (SSSR count). The Morgan fingerprint density at radius 3 is 2.93 bits per heavy atom. The standard InChI is InChI=1S/C10H11IN2O2/c1-7(14)15-4-3-8-9(11)6-13(2)10(8)5-12/h6H,3-4H2,1-2H3. The number of rotatable bonds is 3. The molecule has 0 bridgehead atoms. The monoisotopic (exact) mass is 318 g/mol. The van der Waals surface area contributed by atoms with Gasteiger partial charge in [0.2, 0.25) is 0 Å². The van der Waals surface area contributed by atoms with Crippen LogP contribution in [0.2, 0.25) is 0 Å². The number of aryl methyl sites for hydroxylation is 1. The number of nitrogens with zero attached hydrogens (tertiary/aromatic N) is 2. The summed E-state index contributed by atoms with van der Waals surface area (Å²) in [6.45, 7) is 1.70. The average Bonchev–Trinajstić information content (AvgIpc) is 2.41. The van der Waals surface area contributed by atoms with E-state index in [2.05, 4.69) is 28.7 Å². The quantitative estimate of drug-likeness (QED) is 0.628. The molecule has 0 N–H and O–H groups in total. The fourth-order valence-electron chi connectivity index (χ4n) is 1.32. The third kappa shape index (κ3) is 2.96. The van der Waals surface area contributed by atoms with Crippen LogP contribution in [-0.4, -0.2) is 17.1 Å². The Bertz CT molecular complexity index is 418. The maximum Gasteiger partial charge on any atom is 0.302 e. The predicted octanol–water partition coefficient (Wildman–Crippen LogP) is 1.61. The van der Waals surface area contributed by atoms with Gasteiger partial charge in [0.1, 0.15) is 11.8 Å². The van der Waals surface area contributed by atoms with Gasteiger partial charge < -0.3 is 9.30 Å². The molecule has 0 saturated heterocycles. The Labute approximate surface area is 102 Å². The van der Waals surface area contributed by atoms with Crippen LogP contribution in [0.15, 0.2) is 6.20 Å². The summed E-state index contributed by atoms with van der Waals surface area (Å²) in [5.74, 6) is -0.292. The minimum atomic E-state index is -0.292. The second-order valence-electron chi connectivity index (χ2n) is 3.12. The van der Waals surface area contributed by atoms with Gasteiger partial charge in [-0.3, -0.25) is 4.79 Å². The van der Waals surface area contributed by atoms with Crippen LogP contribution in [0.5, 0.6) is 0 Å². The Morgan fingerprint density at radius 1 is 1.73 bits per heavy atom. The van der Waals surface area contributed by atoms with Crippen LogP contribution < -0.4 is 0 Å². The van der Waals surface area contributed by atoms with Gasteiger partial charge in [0.05, 0.1) is 6.61 Å². The zero-order valence-electron chi connectivity index (χ0n) is 8.58. The second kappa shape index (κ2) is 5.16. The highest BCUT2D eigenvalue weighted by Crippen LogP contribution is 2.18. The first-order valence-corrected chi connectivity index (χ1v) is 5.51. The molecule has 0 fully saturated rings. The maximum atomic E-state index is 10.6. The summed E-state index contributed by atoms with van der Waals surface area (Å²) in [6.07, 6.45) is 2.48. The van der Waals surface area contributed by atoms with Crippen LogP contribution in [0, 0.1) is 14.9 Å². The van der Waals surface area contributed by atoms with Crippen molar-refractivity contribution in [1.29, 1.82) is 5.26 Å². The zero-order valence-corrected chi connectivity index (χ0v) is 10.7. The van der Waals surface area contributed by atoms with E-state index >= 15 is 0 Å². The lowest BCUT2D eigenvalue weighted by Gasteiger charge is -2.02. The van der Waals surface area contributed by atoms with Crippen molar-refractivity contribution in [3.63, 3.8) is 0 Å². The number of carbonyl (C=O) groups is 1. The highest BCUT2D eigenvalue weighted by molar-refractivity contribution is 14.1. The molecule has 0 aromatic carbocycles. The molecule has 5 heteroatoms. The summed E-state index contributed by atoms with van der Waals surface area (Å²) in [5.41, 5.74) is 1.58. The number of esters is 1. The molecule has 1 aromatic heterocycles. The van der Waals surface area contributed by atoms with Gasteiger partial charge in [-0.25, -0.2) is 0 Å². The van der Waals surface area contributed by atoms with Crippen LogP contribution in [0.3, 0.4) is 0 Å². The van der Waals surface area contributed by atoms with Crippen LogP contribution in [0.4, 0.5) is 0 Å². The molecule has 0 saturated carbocycles. The molecule has 15 heavy (non-hydrogen) atoms. The largest absolute Gasteiger partial charge is 0.466 e. The van der Waals surface area contributed by atoms with Crippen LogP contribution in [0.25, 0.3) is 0 Å². The lowest BCUT2D eigenvalue weighted by Crippen LogP contribution is -2.05. The van der Waals surface area contributed by atoms with Crippen molar-refractivity contribution in [2.45, 2.75) is 13.3 Å². The number of hydrogen-bond donors (Lipinski definition) is 0. The van der Waals surface area contributed by atoms with E-state index in [1.807, 2.05) is 13.2 Å². The van der Waals surface area contributed by atoms with Crippen LogP contribution in [0.1, 0.15) is 18.2 Å². The smallest absolute Gasteiger partial charge is 0.302 e. The van der Waals surface area contributed by atoms with Gasteiger partial charge in [0, 0.05) is 35.7 Å². The topological polar surface area (TPSA) is 55.0 Å². The lowest BCUT2D eigenvalue weighted by molar-refractivity contribution is -0.140. The molecule has 1 aromatic rings. The molecular formula is C10H11IN2O2.